The molecule has 0 aliphatic carbocycles. The molecule has 2 N–H and O–H groups in total. The molecule has 0 aliphatic rings. The molecule has 1 heterocycles. The van der Waals surface area contributed by atoms with Crippen molar-refractivity contribution in [3.05, 3.63) is 41.3 Å². The fraction of sp³-hybridized carbons (Fsp3) is 0.294. The third kappa shape index (κ3) is 5.92. The number of hydrazone groups is 1. The van der Waals surface area contributed by atoms with Crippen LogP contribution in [0.1, 0.15) is 11.3 Å². The summed E-state index contributed by atoms with van der Waals surface area (Å²) >= 11 is 6.80. The molecule has 7 heteroatoms. The van der Waals surface area contributed by atoms with Gasteiger partial charge in [0.2, 0.25) is 0 Å². The Morgan fingerprint density at radius 1 is 1.21 bits per heavy atom. The molecule has 0 saturated heterocycles. The molecule has 0 saturated carbocycles. The maximum atomic E-state index is 5.18. The van der Waals surface area contributed by atoms with E-state index in [1.54, 1.807) is 31.8 Å². The second-order valence-corrected chi connectivity index (χ2v) is 6.43. The van der Waals surface area contributed by atoms with Crippen molar-refractivity contribution in [1.29, 1.82) is 0 Å². The number of methoxy groups -OCH3 is 2. The van der Waals surface area contributed by atoms with Gasteiger partial charge in [0.15, 0.2) is 5.11 Å². The van der Waals surface area contributed by atoms with E-state index < -0.39 is 0 Å². The number of rotatable bonds is 8. The molecule has 128 valence electrons. The Balaban J connectivity index is 1.83. The van der Waals surface area contributed by atoms with Crippen LogP contribution in [0.4, 0.5) is 0 Å². The van der Waals surface area contributed by atoms with E-state index in [1.165, 1.54) is 4.88 Å². The lowest BCUT2D eigenvalue weighted by Crippen LogP contribution is -2.33. The largest absolute Gasteiger partial charge is 0.497 e. The van der Waals surface area contributed by atoms with Crippen molar-refractivity contribution in [3.63, 3.8) is 0 Å². The summed E-state index contributed by atoms with van der Waals surface area (Å²) in [6.07, 6.45) is 2.67. The molecule has 0 bridgehead atoms. The zero-order chi connectivity index (χ0) is 17.2. The molecule has 2 aromatic rings. The van der Waals surface area contributed by atoms with Gasteiger partial charge in [-0.15, -0.1) is 11.3 Å². The summed E-state index contributed by atoms with van der Waals surface area (Å²) in [6, 6.07) is 12.1. The van der Waals surface area contributed by atoms with Crippen LogP contribution in [0.3, 0.4) is 0 Å². The van der Waals surface area contributed by atoms with Gasteiger partial charge in [0.25, 0.3) is 0 Å². The number of benzene rings is 1. The van der Waals surface area contributed by atoms with Crippen LogP contribution in [0, 0.1) is 0 Å². The van der Waals surface area contributed by atoms with Crippen molar-refractivity contribution in [3.8, 4) is 16.2 Å². The van der Waals surface area contributed by atoms with E-state index >= 15 is 0 Å². The molecule has 0 fully saturated rings. The SMILES string of the molecule is COCCCNC(=S)N/N=C/c1ccc(-c2ccc(OC)cc2)s1. The van der Waals surface area contributed by atoms with Gasteiger partial charge >= 0.3 is 0 Å². The highest BCUT2D eigenvalue weighted by atomic mass is 32.1. The van der Waals surface area contributed by atoms with Gasteiger partial charge in [-0.05, 0) is 60.6 Å². The Morgan fingerprint density at radius 2 is 2.00 bits per heavy atom. The number of ether oxygens (including phenoxy) is 2. The first-order chi connectivity index (χ1) is 11.7. The van der Waals surface area contributed by atoms with Crippen molar-refractivity contribution in [2.75, 3.05) is 27.4 Å². The highest BCUT2D eigenvalue weighted by Gasteiger charge is 2.02. The minimum Gasteiger partial charge on any atom is -0.497 e. The maximum Gasteiger partial charge on any atom is 0.186 e. The lowest BCUT2D eigenvalue weighted by molar-refractivity contribution is 0.195. The minimum atomic E-state index is 0.509. The van der Waals surface area contributed by atoms with Crippen LogP contribution in [0.5, 0.6) is 5.75 Å². The number of nitrogens with one attached hydrogen (secondary N) is 2. The van der Waals surface area contributed by atoms with Gasteiger partial charge in [0.05, 0.1) is 13.3 Å². The van der Waals surface area contributed by atoms with E-state index in [4.69, 9.17) is 21.7 Å². The highest BCUT2D eigenvalue weighted by molar-refractivity contribution is 7.80. The molecule has 0 aliphatic heterocycles. The van der Waals surface area contributed by atoms with Gasteiger partial charge in [-0.1, -0.05) is 0 Å². The first kappa shape index (κ1) is 18.4. The van der Waals surface area contributed by atoms with E-state index in [9.17, 15) is 0 Å². The molecule has 5 nitrogen and oxygen atoms in total. The van der Waals surface area contributed by atoms with Crippen molar-refractivity contribution in [2.24, 2.45) is 5.10 Å². The van der Waals surface area contributed by atoms with E-state index in [2.05, 4.69) is 21.9 Å². The molecule has 0 amide bonds. The van der Waals surface area contributed by atoms with Crippen LogP contribution >= 0.6 is 23.6 Å². The third-order valence-electron chi connectivity index (χ3n) is 3.17. The second-order valence-electron chi connectivity index (χ2n) is 4.90. The third-order valence-corrected chi connectivity index (χ3v) is 4.47. The van der Waals surface area contributed by atoms with Crippen molar-refractivity contribution < 1.29 is 9.47 Å². The van der Waals surface area contributed by atoms with Crippen LogP contribution in [-0.4, -0.2) is 38.7 Å². The minimum absolute atomic E-state index is 0.509. The monoisotopic (exact) mass is 363 g/mol. The Morgan fingerprint density at radius 3 is 2.71 bits per heavy atom. The van der Waals surface area contributed by atoms with Gasteiger partial charge in [-0.2, -0.15) is 5.10 Å². The summed E-state index contributed by atoms with van der Waals surface area (Å²) in [7, 11) is 3.35. The molecule has 1 aromatic carbocycles. The first-order valence-corrected chi connectivity index (χ1v) is 8.75. The van der Waals surface area contributed by atoms with E-state index in [-0.39, 0.29) is 0 Å². The summed E-state index contributed by atoms with van der Waals surface area (Å²) in [5.41, 5.74) is 3.97. The predicted octanol–water partition coefficient (Wildman–Crippen LogP) is 3.26. The van der Waals surface area contributed by atoms with Crippen molar-refractivity contribution >= 4 is 34.9 Å². The smallest absolute Gasteiger partial charge is 0.186 e. The zero-order valence-corrected chi connectivity index (χ0v) is 15.4. The molecule has 2 rings (SSSR count). The standard InChI is InChI=1S/C17H21N3O2S2/c1-21-11-3-10-18-17(23)20-19-12-15-8-9-16(24-15)13-4-6-14(22-2)7-5-13/h4-9,12H,3,10-11H2,1-2H3,(H2,18,20,23)/b19-12+. The van der Waals surface area contributed by atoms with Gasteiger partial charge < -0.3 is 14.8 Å². The number of thiophene rings is 1. The number of thiocarbonyl (C=S) groups is 1. The van der Waals surface area contributed by atoms with Gasteiger partial charge in [0, 0.05) is 30.0 Å². The fourth-order valence-corrected chi connectivity index (χ4v) is 2.99. The second kappa shape index (κ2) is 10.0. The molecule has 0 atom stereocenters. The summed E-state index contributed by atoms with van der Waals surface area (Å²) in [5, 5.41) is 7.73. The maximum absolute atomic E-state index is 5.18. The van der Waals surface area contributed by atoms with E-state index in [1.807, 2.05) is 30.3 Å². The average Bonchev–Trinajstić information content (AvgIpc) is 3.08. The predicted molar refractivity (Wildman–Crippen MR) is 104 cm³/mol. The first-order valence-electron chi connectivity index (χ1n) is 7.53. The summed E-state index contributed by atoms with van der Waals surface area (Å²) < 4.78 is 10.2. The van der Waals surface area contributed by atoms with Crippen LogP contribution in [0.2, 0.25) is 0 Å². The highest BCUT2D eigenvalue weighted by Crippen LogP contribution is 2.28. The molecular formula is C17H21N3O2S2. The Labute approximate surface area is 151 Å². The number of hydrogen-bond acceptors (Lipinski definition) is 5. The van der Waals surface area contributed by atoms with Gasteiger partial charge in [0.1, 0.15) is 5.75 Å². The van der Waals surface area contributed by atoms with E-state index in [0.717, 1.165) is 29.2 Å². The summed E-state index contributed by atoms with van der Waals surface area (Å²) in [5.74, 6) is 0.854. The zero-order valence-electron chi connectivity index (χ0n) is 13.7. The topological polar surface area (TPSA) is 54.9 Å². The lowest BCUT2D eigenvalue weighted by Gasteiger charge is -2.05. The molecular weight excluding hydrogens is 342 g/mol. The molecule has 0 radical (unpaired) electrons. The van der Waals surface area contributed by atoms with Crippen LogP contribution in [-0.2, 0) is 4.74 Å². The summed E-state index contributed by atoms with van der Waals surface area (Å²) in [4.78, 5) is 2.23. The van der Waals surface area contributed by atoms with Crippen LogP contribution in [0.25, 0.3) is 10.4 Å². The Hall–Kier alpha value is -1.96. The fourth-order valence-electron chi connectivity index (χ4n) is 1.95. The quantitative estimate of drug-likeness (QED) is 0.326. The Bertz CT molecular complexity index is 669. The van der Waals surface area contributed by atoms with Crippen molar-refractivity contribution in [2.45, 2.75) is 6.42 Å². The van der Waals surface area contributed by atoms with Crippen molar-refractivity contribution in [1.82, 2.24) is 10.7 Å². The summed E-state index contributed by atoms with van der Waals surface area (Å²) in [6.45, 7) is 1.47. The molecule has 24 heavy (non-hydrogen) atoms. The van der Waals surface area contributed by atoms with E-state index in [0.29, 0.717) is 11.7 Å². The molecule has 1 aromatic heterocycles. The average molecular weight is 364 g/mol. The van der Waals surface area contributed by atoms with Crippen LogP contribution < -0.4 is 15.5 Å². The normalized spacial score (nSPS) is 10.8. The number of hydrogen-bond donors (Lipinski definition) is 2. The molecule has 0 unspecified atom stereocenters. The van der Waals surface area contributed by atoms with Crippen LogP contribution in [0.15, 0.2) is 41.5 Å². The Kier molecular flexibility index (Phi) is 7.67. The van der Waals surface area contributed by atoms with Gasteiger partial charge in [-0.3, -0.25) is 5.43 Å². The molecule has 0 spiro atoms. The number of nitrogens with zero attached hydrogens (tertiary/aromatic N) is 1. The van der Waals surface area contributed by atoms with Gasteiger partial charge in [-0.25, -0.2) is 0 Å². The lowest BCUT2D eigenvalue weighted by atomic mass is 10.2.